The standard InChI is InChI=1S/C24H28FNO4.H2/c1-15(2)29-20-8-7-17(13-16(20)3)23(28)26-11-9-24(10-12-26)14-19(27)22-18(25)5-4-6-21(22)30-24;/h4-8,13,15,19,27H,9-12,14H2,1-3H3;1H. The number of hydrogen-bond acceptors (Lipinski definition) is 4. The van der Waals surface area contributed by atoms with Gasteiger partial charge >= 0.3 is 0 Å². The Morgan fingerprint density at radius 3 is 2.70 bits per heavy atom. The van der Waals surface area contributed by atoms with Crippen LogP contribution in [0.5, 0.6) is 11.5 Å². The van der Waals surface area contributed by atoms with Crippen molar-refractivity contribution in [2.45, 2.75) is 57.8 Å². The molecule has 0 radical (unpaired) electrons. The molecule has 1 amide bonds. The number of carbonyl (C=O) groups excluding carboxylic acids is 1. The van der Waals surface area contributed by atoms with Crippen LogP contribution in [0.15, 0.2) is 36.4 Å². The second-order valence-electron chi connectivity index (χ2n) is 8.60. The molecule has 162 valence electrons. The number of likely N-dealkylation sites (tertiary alicyclic amines) is 1. The maximum atomic E-state index is 14.1. The third-order valence-corrected chi connectivity index (χ3v) is 5.98. The highest BCUT2D eigenvalue weighted by molar-refractivity contribution is 5.94. The number of carbonyl (C=O) groups is 1. The van der Waals surface area contributed by atoms with Crippen LogP contribution in [0.2, 0.25) is 0 Å². The van der Waals surface area contributed by atoms with Crippen LogP contribution in [0.3, 0.4) is 0 Å². The first kappa shape index (κ1) is 20.7. The Morgan fingerprint density at radius 1 is 1.30 bits per heavy atom. The summed E-state index contributed by atoms with van der Waals surface area (Å²) < 4.78 is 26.0. The highest BCUT2D eigenvalue weighted by atomic mass is 19.1. The second kappa shape index (κ2) is 7.91. The first-order valence-electron chi connectivity index (χ1n) is 10.5. The van der Waals surface area contributed by atoms with Gasteiger partial charge in [-0.2, -0.15) is 0 Å². The van der Waals surface area contributed by atoms with Gasteiger partial charge in [-0.1, -0.05) is 6.07 Å². The van der Waals surface area contributed by atoms with E-state index in [1.165, 1.54) is 6.07 Å². The highest BCUT2D eigenvalue weighted by Crippen LogP contribution is 2.45. The maximum absolute atomic E-state index is 14.1. The Morgan fingerprint density at radius 2 is 2.03 bits per heavy atom. The zero-order chi connectivity index (χ0) is 21.5. The summed E-state index contributed by atoms with van der Waals surface area (Å²) in [5.41, 5.74) is 1.24. The summed E-state index contributed by atoms with van der Waals surface area (Å²) in [5, 5.41) is 10.5. The van der Waals surface area contributed by atoms with Gasteiger partial charge in [-0.3, -0.25) is 4.79 Å². The molecule has 1 unspecified atom stereocenters. The van der Waals surface area contributed by atoms with E-state index in [2.05, 4.69) is 0 Å². The fraction of sp³-hybridized carbons (Fsp3) is 0.458. The molecule has 1 saturated heterocycles. The molecule has 0 bridgehead atoms. The minimum Gasteiger partial charge on any atom is -0.491 e. The molecule has 30 heavy (non-hydrogen) atoms. The monoisotopic (exact) mass is 415 g/mol. The number of aliphatic hydroxyl groups excluding tert-OH is 1. The number of aliphatic hydroxyl groups is 1. The Kier molecular flexibility index (Phi) is 5.45. The van der Waals surface area contributed by atoms with Gasteiger partial charge in [-0.15, -0.1) is 0 Å². The number of ether oxygens (including phenoxy) is 2. The van der Waals surface area contributed by atoms with Crippen LogP contribution in [0.1, 0.15) is 62.1 Å². The van der Waals surface area contributed by atoms with Gasteiger partial charge in [0.1, 0.15) is 22.9 Å². The minimum absolute atomic E-state index is 0. The fourth-order valence-corrected chi connectivity index (χ4v) is 4.43. The molecule has 6 heteroatoms. The lowest BCUT2D eigenvalue weighted by Crippen LogP contribution is -2.52. The summed E-state index contributed by atoms with van der Waals surface area (Å²) in [6.45, 7) is 6.94. The molecule has 2 heterocycles. The molecule has 2 aromatic carbocycles. The number of fused-ring (bicyclic) bond motifs is 1. The molecule has 4 rings (SSSR count). The van der Waals surface area contributed by atoms with Gasteiger partial charge < -0.3 is 19.5 Å². The molecular formula is C24H30FNO4. The van der Waals surface area contributed by atoms with Gasteiger partial charge in [-0.05, 0) is 56.7 Å². The number of hydrogen-bond donors (Lipinski definition) is 1. The minimum atomic E-state index is -0.895. The number of nitrogens with zero attached hydrogens (tertiary/aromatic N) is 1. The molecule has 5 nitrogen and oxygen atoms in total. The van der Waals surface area contributed by atoms with Crippen molar-refractivity contribution in [1.29, 1.82) is 0 Å². The van der Waals surface area contributed by atoms with E-state index < -0.39 is 17.5 Å². The van der Waals surface area contributed by atoms with Gasteiger partial charge in [0.25, 0.3) is 5.91 Å². The van der Waals surface area contributed by atoms with Crippen LogP contribution in [-0.2, 0) is 0 Å². The van der Waals surface area contributed by atoms with E-state index in [1.807, 2.05) is 37.8 Å². The lowest BCUT2D eigenvalue weighted by Gasteiger charge is -2.46. The van der Waals surface area contributed by atoms with Crippen LogP contribution >= 0.6 is 0 Å². The second-order valence-corrected chi connectivity index (χ2v) is 8.60. The first-order chi connectivity index (χ1) is 14.3. The van der Waals surface area contributed by atoms with E-state index in [4.69, 9.17) is 9.47 Å². The van der Waals surface area contributed by atoms with Gasteiger partial charge in [-0.25, -0.2) is 4.39 Å². The summed E-state index contributed by atoms with van der Waals surface area (Å²) in [7, 11) is 0. The Bertz CT molecular complexity index is 957. The van der Waals surface area contributed by atoms with E-state index in [-0.39, 0.29) is 19.0 Å². The van der Waals surface area contributed by atoms with Crippen molar-refractivity contribution in [2.75, 3.05) is 13.1 Å². The van der Waals surface area contributed by atoms with E-state index in [9.17, 15) is 14.3 Å². The van der Waals surface area contributed by atoms with Crippen molar-refractivity contribution in [3.63, 3.8) is 0 Å². The quantitative estimate of drug-likeness (QED) is 0.792. The number of piperidine rings is 1. The van der Waals surface area contributed by atoms with Crippen LogP contribution in [0.4, 0.5) is 4.39 Å². The average Bonchev–Trinajstić information content (AvgIpc) is 2.69. The molecular weight excluding hydrogens is 385 g/mol. The highest BCUT2D eigenvalue weighted by Gasteiger charge is 2.44. The van der Waals surface area contributed by atoms with Crippen molar-refractivity contribution in [1.82, 2.24) is 4.90 Å². The van der Waals surface area contributed by atoms with Crippen LogP contribution in [0.25, 0.3) is 0 Å². The average molecular weight is 416 g/mol. The molecule has 2 aliphatic rings. The normalized spacial score (nSPS) is 20.1. The summed E-state index contributed by atoms with van der Waals surface area (Å²) in [4.78, 5) is 14.8. The topological polar surface area (TPSA) is 59.0 Å². The summed E-state index contributed by atoms with van der Waals surface area (Å²) >= 11 is 0. The largest absolute Gasteiger partial charge is 0.491 e. The first-order valence-corrected chi connectivity index (χ1v) is 10.5. The van der Waals surface area contributed by atoms with E-state index in [0.29, 0.717) is 43.7 Å². The van der Waals surface area contributed by atoms with Crippen molar-refractivity contribution >= 4 is 5.91 Å². The van der Waals surface area contributed by atoms with Gasteiger partial charge in [0.2, 0.25) is 0 Å². The van der Waals surface area contributed by atoms with E-state index in [1.54, 1.807) is 18.2 Å². The predicted molar refractivity (Wildman–Crippen MR) is 114 cm³/mol. The van der Waals surface area contributed by atoms with E-state index >= 15 is 0 Å². The zero-order valence-corrected chi connectivity index (χ0v) is 17.7. The van der Waals surface area contributed by atoms with Crippen molar-refractivity contribution in [2.24, 2.45) is 0 Å². The third kappa shape index (κ3) is 3.88. The molecule has 2 aromatic rings. The Hall–Kier alpha value is -2.60. The number of rotatable bonds is 3. The lowest BCUT2D eigenvalue weighted by molar-refractivity contribution is -0.0509. The van der Waals surface area contributed by atoms with Crippen molar-refractivity contribution < 1.29 is 25.2 Å². The summed E-state index contributed by atoms with van der Waals surface area (Å²) in [5.74, 6) is 0.731. The Balaban J connectivity index is 0.00000272. The molecule has 1 N–H and O–H groups in total. The molecule has 0 aliphatic carbocycles. The van der Waals surface area contributed by atoms with Crippen LogP contribution in [-0.4, -0.2) is 40.7 Å². The number of aryl methyl sites for hydroxylation is 1. The smallest absolute Gasteiger partial charge is 0.253 e. The van der Waals surface area contributed by atoms with Crippen LogP contribution < -0.4 is 9.47 Å². The van der Waals surface area contributed by atoms with Crippen LogP contribution in [0, 0.1) is 12.7 Å². The summed E-state index contributed by atoms with van der Waals surface area (Å²) in [6, 6.07) is 10.1. The number of halogens is 1. The SMILES string of the molecule is Cc1cc(C(=O)N2CCC3(CC2)CC(O)c2c(F)cccc2O3)ccc1OC(C)C.[HH]. The number of benzene rings is 2. The number of amides is 1. The lowest BCUT2D eigenvalue weighted by atomic mass is 9.81. The van der Waals surface area contributed by atoms with Gasteiger partial charge in [0, 0.05) is 39.3 Å². The fourth-order valence-electron chi connectivity index (χ4n) is 4.43. The van der Waals surface area contributed by atoms with Gasteiger partial charge in [0.15, 0.2) is 0 Å². The molecule has 1 atom stereocenters. The molecule has 2 aliphatic heterocycles. The van der Waals surface area contributed by atoms with E-state index in [0.717, 1.165) is 11.3 Å². The molecule has 0 saturated carbocycles. The molecule has 1 spiro atoms. The zero-order valence-electron chi connectivity index (χ0n) is 17.7. The van der Waals surface area contributed by atoms with Gasteiger partial charge in [0.05, 0.1) is 17.8 Å². The van der Waals surface area contributed by atoms with Crippen molar-refractivity contribution in [3.05, 3.63) is 58.9 Å². The predicted octanol–water partition coefficient (Wildman–Crippen LogP) is 4.66. The molecule has 1 fully saturated rings. The Labute approximate surface area is 177 Å². The summed E-state index contributed by atoms with van der Waals surface area (Å²) in [6.07, 6.45) is 0.711. The molecule has 0 aromatic heterocycles. The third-order valence-electron chi connectivity index (χ3n) is 5.98. The maximum Gasteiger partial charge on any atom is 0.253 e. The van der Waals surface area contributed by atoms with Crippen molar-refractivity contribution in [3.8, 4) is 11.5 Å².